The van der Waals surface area contributed by atoms with Crippen LogP contribution in [0.4, 0.5) is 0 Å². The smallest absolute Gasteiger partial charge is 0.335 e. The van der Waals surface area contributed by atoms with Gasteiger partial charge in [0.1, 0.15) is 0 Å². The Labute approximate surface area is 137 Å². The van der Waals surface area contributed by atoms with Crippen molar-refractivity contribution >= 4 is 40.1 Å². The number of carboxylic acid groups (broad SMARTS) is 1. The normalized spacial score (nSPS) is 11.0. The van der Waals surface area contributed by atoms with Gasteiger partial charge in [0.2, 0.25) is 0 Å². The van der Waals surface area contributed by atoms with Crippen LogP contribution in [-0.4, -0.2) is 15.6 Å². The largest absolute Gasteiger partial charge is 0.478 e. The van der Waals surface area contributed by atoms with Crippen LogP contribution in [0, 0.1) is 0 Å². The van der Waals surface area contributed by atoms with Crippen molar-refractivity contribution in [2.75, 3.05) is 0 Å². The molecule has 0 fully saturated rings. The van der Waals surface area contributed by atoms with Crippen molar-refractivity contribution in [3.63, 3.8) is 0 Å². The molecule has 0 aliphatic heterocycles. The molecular formula is C17H13Cl2NO2. The molecule has 3 nitrogen and oxygen atoms in total. The summed E-state index contributed by atoms with van der Waals surface area (Å²) in [6.45, 7) is 0. The lowest BCUT2D eigenvalue weighted by Crippen LogP contribution is -1.96. The first-order valence-corrected chi connectivity index (χ1v) is 7.46. The second-order valence-corrected chi connectivity index (χ2v) is 6.06. The van der Waals surface area contributed by atoms with Gasteiger partial charge in [-0.2, -0.15) is 0 Å². The number of rotatable bonds is 3. The number of aromatic nitrogens is 1. The molecular weight excluding hydrogens is 321 g/mol. The number of carboxylic acids is 1. The van der Waals surface area contributed by atoms with Crippen LogP contribution in [0.15, 0.2) is 42.6 Å². The van der Waals surface area contributed by atoms with E-state index in [1.807, 2.05) is 29.9 Å². The molecule has 0 spiro atoms. The molecule has 0 atom stereocenters. The van der Waals surface area contributed by atoms with Crippen LogP contribution in [-0.2, 0) is 13.5 Å². The van der Waals surface area contributed by atoms with E-state index < -0.39 is 5.97 Å². The summed E-state index contributed by atoms with van der Waals surface area (Å²) in [4.78, 5) is 11.2. The summed E-state index contributed by atoms with van der Waals surface area (Å²) in [5.41, 5.74) is 3.26. The van der Waals surface area contributed by atoms with Gasteiger partial charge < -0.3 is 9.67 Å². The van der Waals surface area contributed by atoms with Crippen molar-refractivity contribution in [3.8, 4) is 0 Å². The van der Waals surface area contributed by atoms with Crippen LogP contribution in [0.5, 0.6) is 0 Å². The van der Waals surface area contributed by atoms with Gasteiger partial charge in [-0.05, 0) is 41.5 Å². The predicted molar refractivity (Wildman–Crippen MR) is 89.1 cm³/mol. The molecule has 3 aromatic rings. The first-order chi connectivity index (χ1) is 10.5. The molecule has 0 aliphatic carbocycles. The first kappa shape index (κ1) is 14.9. The molecule has 0 radical (unpaired) electrons. The second kappa shape index (κ2) is 5.67. The molecule has 3 rings (SSSR count). The Morgan fingerprint density at radius 2 is 1.91 bits per heavy atom. The molecule has 1 heterocycles. The summed E-state index contributed by atoms with van der Waals surface area (Å²) in [6, 6.07) is 10.6. The van der Waals surface area contributed by atoms with Crippen LogP contribution in [0.25, 0.3) is 10.9 Å². The van der Waals surface area contributed by atoms with Gasteiger partial charge in [-0.1, -0.05) is 29.3 Å². The molecule has 0 unspecified atom stereocenters. The van der Waals surface area contributed by atoms with E-state index in [4.69, 9.17) is 28.3 Å². The van der Waals surface area contributed by atoms with Gasteiger partial charge in [-0.25, -0.2) is 4.79 Å². The zero-order valence-corrected chi connectivity index (χ0v) is 13.3. The number of hydrogen-bond acceptors (Lipinski definition) is 1. The van der Waals surface area contributed by atoms with Crippen molar-refractivity contribution in [2.45, 2.75) is 6.42 Å². The molecule has 1 N–H and O–H groups in total. The molecule has 0 bridgehead atoms. The Bertz CT molecular complexity index is 884. The summed E-state index contributed by atoms with van der Waals surface area (Å²) < 4.78 is 1.99. The van der Waals surface area contributed by atoms with Crippen LogP contribution < -0.4 is 0 Å². The molecule has 1 aromatic heterocycles. The summed E-state index contributed by atoms with van der Waals surface area (Å²) in [5, 5.41) is 11.3. The van der Waals surface area contributed by atoms with E-state index in [2.05, 4.69) is 0 Å². The lowest BCUT2D eigenvalue weighted by atomic mass is 10.0. The molecule has 22 heavy (non-hydrogen) atoms. The molecule has 0 amide bonds. The maximum absolute atomic E-state index is 11.2. The van der Waals surface area contributed by atoms with Gasteiger partial charge in [0.25, 0.3) is 0 Å². The third kappa shape index (κ3) is 2.70. The Morgan fingerprint density at radius 1 is 1.14 bits per heavy atom. The van der Waals surface area contributed by atoms with Crippen LogP contribution in [0.2, 0.25) is 10.0 Å². The zero-order valence-electron chi connectivity index (χ0n) is 11.8. The summed E-state index contributed by atoms with van der Waals surface area (Å²) in [7, 11) is 1.94. The van der Waals surface area contributed by atoms with E-state index in [0.717, 1.165) is 22.0 Å². The highest BCUT2D eigenvalue weighted by Gasteiger charge is 2.12. The first-order valence-electron chi connectivity index (χ1n) is 6.71. The fourth-order valence-electron chi connectivity index (χ4n) is 2.62. The molecule has 0 aliphatic rings. The zero-order chi connectivity index (χ0) is 15.9. The average molecular weight is 334 g/mol. The van der Waals surface area contributed by atoms with Crippen LogP contribution in [0.3, 0.4) is 0 Å². The van der Waals surface area contributed by atoms with Gasteiger partial charge in [0.05, 0.1) is 5.56 Å². The number of aromatic carboxylic acids is 1. The number of hydrogen-bond donors (Lipinski definition) is 1. The quantitative estimate of drug-likeness (QED) is 0.749. The van der Waals surface area contributed by atoms with Crippen molar-refractivity contribution in [2.24, 2.45) is 7.05 Å². The van der Waals surface area contributed by atoms with Crippen LogP contribution in [0.1, 0.15) is 21.5 Å². The van der Waals surface area contributed by atoms with Crippen molar-refractivity contribution in [3.05, 3.63) is 69.3 Å². The second-order valence-electron chi connectivity index (χ2n) is 5.21. The average Bonchev–Trinajstić information content (AvgIpc) is 2.78. The van der Waals surface area contributed by atoms with Crippen molar-refractivity contribution < 1.29 is 9.90 Å². The predicted octanol–water partition coefficient (Wildman–Crippen LogP) is 4.77. The highest BCUT2D eigenvalue weighted by molar-refractivity contribution is 6.35. The molecule has 2 aromatic carbocycles. The minimum atomic E-state index is -0.929. The molecule has 0 saturated heterocycles. The summed E-state index contributed by atoms with van der Waals surface area (Å²) in [6.07, 6.45) is 2.62. The van der Waals surface area contributed by atoms with E-state index in [0.29, 0.717) is 16.5 Å². The topological polar surface area (TPSA) is 42.2 Å². The minimum Gasteiger partial charge on any atom is -0.478 e. The molecule has 5 heteroatoms. The van der Waals surface area contributed by atoms with Gasteiger partial charge in [0, 0.05) is 40.6 Å². The minimum absolute atomic E-state index is 0.280. The molecule has 112 valence electrons. The highest BCUT2D eigenvalue weighted by Crippen LogP contribution is 2.28. The third-order valence-corrected chi connectivity index (χ3v) is 4.30. The lowest BCUT2D eigenvalue weighted by molar-refractivity contribution is 0.0697. The fourth-order valence-corrected chi connectivity index (χ4v) is 3.09. The van der Waals surface area contributed by atoms with E-state index >= 15 is 0 Å². The van der Waals surface area contributed by atoms with E-state index in [-0.39, 0.29) is 5.56 Å². The number of fused-ring (bicyclic) bond motifs is 1. The maximum atomic E-state index is 11.2. The molecule has 0 saturated carbocycles. The Hall–Kier alpha value is -1.97. The van der Waals surface area contributed by atoms with Gasteiger partial charge >= 0.3 is 5.97 Å². The monoisotopic (exact) mass is 333 g/mol. The van der Waals surface area contributed by atoms with Crippen molar-refractivity contribution in [1.82, 2.24) is 4.57 Å². The lowest BCUT2D eigenvalue weighted by Gasteiger charge is -2.04. The fraction of sp³-hybridized carbons (Fsp3) is 0.118. The Morgan fingerprint density at radius 3 is 2.59 bits per heavy atom. The van der Waals surface area contributed by atoms with Gasteiger partial charge in [-0.3, -0.25) is 0 Å². The van der Waals surface area contributed by atoms with E-state index in [9.17, 15) is 4.79 Å². The third-order valence-electron chi connectivity index (χ3n) is 3.71. The number of carbonyl (C=O) groups is 1. The highest BCUT2D eigenvalue weighted by atomic mass is 35.5. The van der Waals surface area contributed by atoms with E-state index in [1.165, 1.54) is 0 Å². The van der Waals surface area contributed by atoms with E-state index in [1.54, 1.807) is 24.3 Å². The van der Waals surface area contributed by atoms with Crippen molar-refractivity contribution in [1.29, 1.82) is 0 Å². The van der Waals surface area contributed by atoms with Crippen LogP contribution >= 0.6 is 23.2 Å². The summed E-state index contributed by atoms with van der Waals surface area (Å²) in [5.74, 6) is -0.929. The number of benzene rings is 2. The SMILES string of the molecule is Cn1cc(Cc2ccc(Cl)cc2Cl)c2cc(C(=O)O)ccc21. The number of aryl methyl sites for hydroxylation is 1. The van der Waals surface area contributed by atoms with Gasteiger partial charge in [-0.15, -0.1) is 0 Å². The number of nitrogens with zero attached hydrogens (tertiary/aromatic N) is 1. The van der Waals surface area contributed by atoms with Gasteiger partial charge in [0.15, 0.2) is 0 Å². The Balaban J connectivity index is 2.10. The number of halogens is 2. The standard InChI is InChI=1S/C17H13Cl2NO2/c1-20-9-12(6-10-2-4-13(18)8-15(10)19)14-7-11(17(21)22)3-5-16(14)20/h2-5,7-9H,6H2,1H3,(H,21,22). The summed E-state index contributed by atoms with van der Waals surface area (Å²) >= 11 is 12.2. The maximum Gasteiger partial charge on any atom is 0.335 e. The Kier molecular flexibility index (Phi) is 3.85.